The molecular formula is C11H16N4S. The summed E-state index contributed by atoms with van der Waals surface area (Å²) in [6.07, 6.45) is 4.60. The fourth-order valence-electron chi connectivity index (χ4n) is 1.63. The maximum absolute atomic E-state index is 5.86. The van der Waals surface area contributed by atoms with Crippen molar-refractivity contribution in [3.8, 4) is 0 Å². The Morgan fingerprint density at radius 3 is 3.00 bits per heavy atom. The van der Waals surface area contributed by atoms with Crippen molar-refractivity contribution in [1.82, 2.24) is 14.5 Å². The summed E-state index contributed by atoms with van der Waals surface area (Å²) in [5.41, 5.74) is 8.03. The van der Waals surface area contributed by atoms with Crippen LogP contribution in [0.4, 0.5) is 0 Å². The maximum atomic E-state index is 5.86. The van der Waals surface area contributed by atoms with E-state index in [2.05, 4.69) is 19.9 Å². The third-order valence-corrected chi connectivity index (χ3v) is 3.47. The Hall–Kier alpha value is -1.20. The Kier molecular flexibility index (Phi) is 3.36. The molecule has 86 valence electrons. The number of hydrogen-bond donors (Lipinski definition) is 1. The quantitative estimate of drug-likeness (QED) is 0.882. The molecule has 0 aromatic carbocycles. The molecule has 0 aliphatic carbocycles. The minimum atomic E-state index is 0.0283. The average molecular weight is 236 g/mol. The van der Waals surface area contributed by atoms with Crippen LogP contribution in [-0.4, -0.2) is 14.5 Å². The zero-order valence-electron chi connectivity index (χ0n) is 9.55. The molecule has 4 nitrogen and oxygen atoms in total. The molecule has 2 heterocycles. The van der Waals surface area contributed by atoms with Crippen LogP contribution < -0.4 is 5.73 Å². The number of hydrogen-bond acceptors (Lipinski definition) is 4. The molecule has 0 spiro atoms. The van der Waals surface area contributed by atoms with E-state index in [-0.39, 0.29) is 6.04 Å². The molecule has 0 amide bonds. The van der Waals surface area contributed by atoms with Gasteiger partial charge in [-0.2, -0.15) is 0 Å². The van der Waals surface area contributed by atoms with Crippen LogP contribution in [0.1, 0.15) is 29.4 Å². The van der Waals surface area contributed by atoms with E-state index in [0.717, 1.165) is 24.4 Å². The Morgan fingerprint density at radius 1 is 1.56 bits per heavy atom. The van der Waals surface area contributed by atoms with Gasteiger partial charge >= 0.3 is 0 Å². The molecule has 0 bridgehead atoms. The first-order valence-electron chi connectivity index (χ1n) is 5.33. The lowest BCUT2D eigenvalue weighted by molar-refractivity contribution is 0.622. The molecule has 16 heavy (non-hydrogen) atoms. The fraction of sp³-hybridized carbons (Fsp3) is 0.455. The highest BCUT2D eigenvalue weighted by atomic mass is 32.1. The van der Waals surface area contributed by atoms with Crippen LogP contribution in [0, 0.1) is 6.92 Å². The number of rotatable bonds is 4. The second-order valence-electron chi connectivity index (χ2n) is 3.93. The fourth-order valence-corrected chi connectivity index (χ4v) is 2.40. The second kappa shape index (κ2) is 4.76. The van der Waals surface area contributed by atoms with Crippen LogP contribution in [0.5, 0.6) is 0 Å². The number of nitrogens with zero attached hydrogens (tertiary/aromatic N) is 3. The third-order valence-electron chi connectivity index (χ3n) is 2.44. The van der Waals surface area contributed by atoms with E-state index >= 15 is 0 Å². The van der Waals surface area contributed by atoms with Gasteiger partial charge in [0.2, 0.25) is 0 Å². The highest BCUT2D eigenvalue weighted by Crippen LogP contribution is 2.13. The number of aromatic nitrogens is 3. The molecule has 2 aromatic rings. The zero-order chi connectivity index (χ0) is 11.5. The van der Waals surface area contributed by atoms with E-state index in [1.54, 1.807) is 11.3 Å². The van der Waals surface area contributed by atoms with Gasteiger partial charge in [0.25, 0.3) is 0 Å². The van der Waals surface area contributed by atoms with Gasteiger partial charge in [-0.25, -0.2) is 9.97 Å². The summed E-state index contributed by atoms with van der Waals surface area (Å²) in [5, 5.41) is 3.25. The molecule has 0 radical (unpaired) electrons. The topological polar surface area (TPSA) is 56.7 Å². The van der Waals surface area contributed by atoms with Crippen molar-refractivity contribution in [3.63, 3.8) is 0 Å². The number of nitrogens with two attached hydrogens (primary N) is 1. The molecule has 0 fully saturated rings. The monoisotopic (exact) mass is 236 g/mol. The van der Waals surface area contributed by atoms with Crippen LogP contribution in [0.3, 0.4) is 0 Å². The minimum absolute atomic E-state index is 0.0283. The summed E-state index contributed by atoms with van der Waals surface area (Å²) in [7, 11) is 0. The lowest BCUT2D eigenvalue weighted by atomic mass is 10.2. The first-order valence-corrected chi connectivity index (χ1v) is 6.21. The van der Waals surface area contributed by atoms with Crippen LogP contribution in [0.15, 0.2) is 17.9 Å². The van der Waals surface area contributed by atoms with Crippen molar-refractivity contribution in [2.45, 2.75) is 32.9 Å². The molecule has 2 rings (SSSR count). The number of imidazole rings is 1. The minimum Gasteiger partial charge on any atom is -0.333 e. The summed E-state index contributed by atoms with van der Waals surface area (Å²) in [6, 6.07) is 0.0283. The van der Waals surface area contributed by atoms with E-state index in [4.69, 9.17) is 5.73 Å². The number of aryl methyl sites for hydroxylation is 3. The lowest BCUT2D eigenvalue weighted by Crippen LogP contribution is -2.12. The van der Waals surface area contributed by atoms with Crippen LogP contribution in [-0.2, 0) is 13.0 Å². The Bertz CT molecular complexity index is 458. The van der Waals surface area contributed by atoms with Crippen molar-refractivity contribution in [1.29, 1.82) is 0 Å². The van der Waals surface area contributed by atoms with Crippen LogP contribution in [0.25, 0.3) is 0 Å². The van der Waals surface area contributed by atoms with E-state index in [9.17, 15) is 0 Å². The molecular weight excluding hydrogens is 220 g/mol. The Balaban J connectivity index is 2.02. The van der Waals surface area contributed by atoms with E-state index in [0.29, 0.717) is 0 Å². The van der Waals surface area contributed by atoms with Crippen LogP contribution in [0.2, 0.25) is 0 Å². The largest absolute Gasteiger partial charge is 0.333 e. The van der Waals surface area contributed by atoms with Gasteiger partial charge in [0.05, 0.1) is 17.0 Å². The van der Waals surface area contributed by atoms with Crippen LogP contribution >= 0.6 is 11.3 Å². The molecule has 0 saturated heterocycles. The molecule has 2 N–H and O–H groups in total. The summed E-state index contributed by atoms with van der Waals surface area (Å²) >= 11 is 1.71. The molecule has 2 aromatic heterocycles. The van der Waals surface area contributed by atoms with Gasteiger partial charge in [-0.05, 0) is 13.8 Å². The zero-order valence-corrected chi connectivity index (χ0v) is 10.4. The molecule has 0 aliphatic heterocycles. The van der Waals surface area contributed by atoms with Gasteiger partial charge in [0.15, 0.2) is 0 Å². The Labute approximate surface area is 99.2 Å². The summed E-state index contributed by atoms with van der Waals surface area (Å²) in [4.78, 5) is 8.56. The second-order valence-corrected chi connectivity index (χ2v) is 4.88. The highest BCUT2D eigenvalue weighted by Gasteiger charge is 2.07. The van der Waals surface area contributed by atoms with Gasteiger partial charge in [0, 0.05) is 36.3 Å². The first-order chi connectivity index (χ1) is 7.66. The lowest BCUT2D eigenvalue weighted by Gasteiger charge is -2.09. The van der Waals surface area contributed by atoms with Crippen molar-refractivity contribution in [2.75, 3.05) is 0 Å². The molecule has 5 heteroatoms. The highest BCUT2D eigenvalue weighted by molar-refractivity contribution is 7.09. The van der Waals surface area contributed by atoms with E-state index in [1.807, 2.05) is 26.4 Å². The molecule has 0 saturated carbocycles. The van der Waals surface area contributed by atoms with E-state index < -0.39 is 0 Å². The summed E-state index contributed by atoms with van der Waals surface area (Å²) in [6.45, 7) is 4.88. The normalized spacial score (nSPS) is 12.9. The van der Waals surface area contributed by atoms with Crippen molar-refractivity contribution in [3.05, 3.63) is 34.3 Å². The number of thiazole rings is 1. The summed E-state index contributed by atoms with van der Waals surface area (Å²) in [5.74, 6) is 0. The van der Waals surface area contributed by atoms with E-state index in [1.165, 1.54) is 5.01 Å². The van der Waals surface area contributed by atoms with Gasteiger partial charge in [-0.15, -0.1) is 11.3 Å². The predicted octanol–water partition coefficient (Wildman–Crippen LogP) is 1.91. The molecule has 0 aliphatic rings. The predicted molar refractivity (Wildman–Crippen MR) is 65.4 cm³/mol. The van der Waals surface area contributed by atoms with Gasteiger partial charge in [-0.3, -0.25) is 0 Å². The molecule has 1 atom stereocenters. The average Bonchev–Trinajstić information content (AvgIpc) is 2.83. The van der Waals surface area contributed by atoms with Gasteiger partial charge in [0.1, 0.15) is 0 Å². The summed E-state index contributed by atoms with van der Waals surface area (Å²) < 4.78 is 2.10. The standard InChI is InChI=1S/C11H16N4S/c1-8-6-16-11(14-8)3-4-15-7-13-5-10(15)9(2)12/h5-7,9H,3-4,12H2,1-2H3/t9-/m0/s1. The van der Waals surface area contributed by atoms with Gasteiger partial charge < -0.3 is 10.3 Å². The SMILES string of the molecule is Cc1csc(CCn2cncc2[C@H](C)N)n1. The van der Waals surface area contributed by atoms with Gasteiger partial charge in [-0.1, -0.05) is 0 Å². The van der Waals surface area contributed by atoms with Crippen molar-refractivity contribution >= 4 is 11.3 Å². The smallest absolute Gasteiger partial charge is 0.0948 e. The first kappa shape index (κ1) is 11.3. The third kappa shape index (κ3) is 2.48. The van der Waals surface area contributed by atoms with Crippen molar-refractivity contribution < 1.29 is 0 Å². The van der Waals surface area contributed by atoms with Crippen molar-refractivity contribution in [2.24, 2.45) is 5.73 Å². The Morgan fingerprint density at radius 2 is 2.38 bits per heavy atom. The maximum Gasteiger partial charge on any atom is 0.0948 e. The molecule has 0 unspecified atom stereocenters.